The highest BCUT2D eigenvalue weighted by Crippen LogP contribution is 2.45. The number of nitrogens with one attached hydrogen (secondary N) is 1. The average Bonchev–Trinajstić information content (AvgIpc) is 2.45. The van der Waals surface area contributed by atoms with Gasteiger partial charge >= 0.3 is 0 Å². The quantitative estimate of drug-likeness (QED) is 0.643. The van der Waals surface area contributed by atoms with Gasteiger partial charge in [0, 0.05) is 19.1 Å². The van der Waals surface area contributed by atoms with Crippen molar-refractivity contribution in [1.29, 1.82) is 0 Å². The summed E-state index contributed by atoms with van der Waals surface area (Å²) in [6.07, 6.45) is 4.20. The smallest absolute Gasteiger partial charge is 0.0533 e. The number of ether oxygens (including phenoxy) is 1. The van der Waals surface area contributed by atoms with E-state index in [2.05, 4.69) is 5.32 Å². The highest BCUT2D eigenvalue weighted by molar-refractivity contribution is 4.98. The first-order valence-corrected chi connectivity index (χ1v) is 4.57. The predicted molar refractivity (Wildman–Crippen MR) is 44.5 cm³/mol. The summed E-state index contributed by atoms with van der Waals surface area (Å²) in [6.45, 7) is 3.37. The SMILES string of the molecule is COC[C@@]12CCC[C@@H]1CNC2. The Balaban J connectivity index is 2.07. The topological polar surface area (TPSA) is 21.3 Å². The van der Waals surface area contributed by atoms with Crippen LogP contribution in [0, 0.1) is 11.3 Å². The zero-order valence-electron chi connectivity index (χ0n) is 7.23. The van der Waals surface area contributed by atoms with Gasteiger partial charge in [0.05, 0.1) is 6.61 Å². The minimum atomic E-state index is 0.523. The van der Waals surface area contributed by atoms with Crippen LogP contribution in [0.2, 0.25) is 0 Å². The molecule has 2 aliphatic rings. The number of hydrogen-bond donors (Lipinski definition) is 1. The lowest BCUT2D eigenvalue weighted by Gasteiger charge is -2.26. The van der Waals surface area contributed by atoms with Crippen molar-refractivity contribution < 1.29 is 4.74 Å². The first kappa shape index (κ1) is 7.56. The molecule has 2 nitrogen and oxygen atoms in total. The number of fused-ring (bicyclic) bond motifs is 1. The maximum Gasteiger partial charge on any atom is 0.0533 e. The molecule has 1 heterocycles. The molecule has 1 saturated carbocycles. The first-order chi connectivity index (χ1) is 5.37. The normalized spacial score (nSPS) is 42.8. The van der Waals surface area contributed by atoms with E-state index < -0.39 is 0 Å². The van der Waals surface area contributed by atoms with Crippen LogP contribution in [-0.2, 0) is 4.74 Å². The lowest BCUT2D eigenvalue weighted by atomic mass is 9.82. The first-order valence-electron chi connectivity index (χ1n) is 4.57. The fourth-order valence-electron chi connectivity index (χ4n) is 2.79. The van der Waals surface area contributed by atoms with E-state index in [1.807, 2.05) is 7.11 Å². The number of methoxy groups -OCH3 is 1. The summed E-state index contributed by atoms with van der Waals surface area (Å²) in [5.74, 6) is 0.905. The zero-order chi connectivity index (χ0) is 7.73. The van der Waals surface area contributed by atoms with Gasteiger partial charge in [-0.25, -0.2) is 0 Å². The van der Waals surface area contributed by atoms with Crippen LogP contribution in [0.5, 0.6) is 0 Å². The Morgan fingerprint density at radius 1 is 1.64 bits per heavy atom. The third kappa shape index (κ3) is 1.09. The standard InChI is InChI=1S/C9H17NO/c1-11-7-9-4-2-3-8(9)5-10-6-9/h8,10H,2-7H2,1H3/t8-,9+/m1/s1. The Hall–Kier alpha value is -0.0800. The van der Waals surface area contributed by atoms with E-state index in [9.17, 15) is 0 Å². The summed E-state index contributed by atoms with van der Waals surface area (Å²) in [5, 5.41) is 3.47. The predicted octanol–water partition coefficient (Wildman–Crippen LogP) is 1.02. The van der Waals surface area contributed by atoms with Gasteiger partial charge in [-0.3, -0.25) is 0 Å². The molecule has 64 valence electrons. The second-order valence-electron chi connectivity index (χ2n) is 4.02. The lowest BCUT2D eigenvalue weighted by Crippen LogP contribution is -2.30. The summed E-state index contributed by atoms with van der Waals surface area (Å²) < 4.78 is 5.29. The van der Waals surface area contributed by atoms with Crippen LogP contribution >= 0.6 is 0 Å². The molecule has 1 N–H and O–H groups in total. The molecule has 11 heavy (non-hydrogen) atoms. The highest BCUT2D eigenvalue weighted by Gasteiger charge is 2.45. The molecular weight excluding hydrogens is 138 g/mol. The second-order valence-corrected chi connectivity index (χ2v) is 4.02. The Bertz CT molecular complexity index is 136. The molecule has 2 atom stereocenters. The van der Waals surface area contributed by atoms with Crippen molar-refractivity contribution in [2.75, 3.05) is 26.8 Å². The third-order valence-electron chi connectivity index (χ3n) is 3.39. The van der Waals surface area contributed by atoms with Crippen molar-refractivity contribution in [3.63, 3.8) is 0 Å². The minimum absolute atomic E-state index is 0.523. The molecule has 0 spiro atoms. The summed E-state index contributed by atoms with van der Waals surface area (Å²) in [6, 6.07) is 0. The van der Waals surface area contributed by atoms with Gasteiger partial charge in [0.25, 0.3) is 0 Å². The summed E-state index contributed by atoms with van der Waals surface area (Å²) in [4.78, 5) is 0. The van der Waals surface area contributed by atoms with Crippen molar-refractivity contribution in [2.24, 2.45) is 11.3 Å². The average molecular weight is 155 g/mol. The second kappa shape index (κ2) is 2.76. The van der Waals surface area contributed by atoms with Crippen LogP contribution < -0.4 is 5.32 Å². The van der Waals surface area contributed by atoms with Crippen LogP contribution in [0.3, 0.4) is 0 Å². The van der Waals surface area contributed by atoms with E-state index in [4.69, 9.17) is 4.74 Å². The maximum absolute atomic E-state index is 5.29. The maximum atomic E-state index is 5.29. The van der Waals surface area contributed by atoms with Crippen LogP contribution in [0.1, 0.15) is 19.3 Å². The fraction of sp³-hybridized carbons (Fsp3) is 1.00. The van der Waals surface area contributed by atoms with E-state index in [1.165, 1.54) is 32.4 Å². The molecule has 0 aromatic heterocycles. The monoisotopic (exact) mass is 155 g/mol. The van der Waals surface area contributed by atoms with Gasteiger partial charge in [0.15, 0.2) is 0 Å². The Morgan fingerprint density at radius 3 is 3.36 bits per heavy atom. The molecule has 1 aliphatic heterocycles. The molecule has 0 aromatic rings. The molecule has 2 rings (SSSR count). The van der Waals surface area contributed by atoms with Gasteiger partial charge in [0.2, 0.25) is 0 Å². The van der Waals surface area contributed by atoms with E-state index >= 15 is 0 Å². The molecule has 1 saturated heterocycles. The highest BCUT2D eigenvalue weighted by atomic mass is 16.5. The summed E-state index contributed by atoms with van der Waals surface area (Å²) in [5.41, 5.74) is 0.523. The van der Waals surface area contributed by atoms with E-state index in [-0.39, 0.29) is 0 Å². The van der Waals surface area contributed by atoms with Crippen molar-refractivity contribution in [3.8, 4) is 0 Å². The Kier molecular flexibility index (Phi) is 1.90. The molecule has 2 heteroatoms. The molecule has 2 fully saturated rings. The molecule has 0 unspecified atom stereocenters. The van der Waals surface area contributed by atoms with E-state index in [0.29, 0.717) is 5.41 Å². The molecule has 0 bridgehead atoms. The lowest BCUT2D eigenvalue weighted by molar-refractivity contribution is 0.0762. The van der Waals surface area contributed by atoms with Crippen LogP contribution in [0.4, 0.5) is 0 Å². The Morgan fingerprint density at radius 2 is 2.55 bits per heavy atom. The van der Waals surface area contributed by atoms with Crippen LogP contribution in [0.25, 0.3) is 0 Å². The summed E-state index contributed by atoms with van der Waals surface area (Å²) >= 11 is 0. The summed E-state index contributed by atoms with van der Waals surface area (Å²) in [7, 11) is 1.82. The third-order valence-corrected chi connectivity index (χ3v) is 3.39. The van der Waals surface area contributed by atoms with Crippen molar-refractivity contribution >= 4 is 0 Å². The van der Waals surface area contributed by atoms with Gasteiger partial charge in [-0.05, 0) is 25.3 Å². The largest absolute Gasteiger partial charge is 0.384 e. The van der Waals surface area contributed by atoms with E-state index in [0.717, 1.165) is 12.5 Å². The fourth-order valence-corrected chi connectivity index (χ4v) is 2.79. The van der Waals surface area contributed by atoms with Crippen LogP contribution in [-0.4, -0.2) is 26.8 Å². The van der Waals surface area contributed by atoms with Gasteiger partial charge < -0.3 is 10.1 Å². The molecule has 0 amide bonds. The molecule has 0 aromatic carbocycles. The number of hydrogen-bond acceptors (Lipinski definition) is 2. The number of rotatable bonds is 2. The van der Waals surface area contributed by atoms with E-state index in [1.54, 1.807) is 0 Å². The minimum Gasteiger partial charge on any atom is -0.384 e. The zero-order valence-corrected chi connectivity index (χ0v) is 7.23. The Labute approximate surface area is 68.3 Å². The van der Waals surface area contributed by atoms with Gasteiger partial charge in [-0.15, -0.1) is 0 Å². The van der Waals surface area contributed by atoms with Gasteiger partial charge in [-0.2, -0.15) is 0 Å². The van der Waals surface area contributed by atoms with Crippen LogP contribution in [0.15, 0.2) is 0 Å². The molecular formula is C9H17NO. The van der Waals surface area contributed by atoms with Crippen molar-refractivity contribution in [3.05, 3.63) is 0 Å². The van der Waals surface area contributed by atoms with Crippen molar-refractivity contribution in [1.82, 2.24) is 5.32 Å². The van der Waals surface area contributed by atoms with Crippen molar-refractivity contribution in [2.45, 2.75) is 19.3 Å². The molecule has 1 aliphatic carbocycles. The molecule has 0 radical (unpaired) electrons. The van der Waals surface area contributed by atoms with Gasteiger partial charge in [-0.1, -0.05) is 6.42 Å². The van der Waals surface area contributed by atoms with Gasteiger partial charge in [0.1, 0.15) is 0 Å².